The van der Waals surface area contributed by atoms with Crippen molar-refractivity contribution >= 4 is 15.9 Å². The van der Waals surface area contributed by atoms with E-state index in [1.54, 1.807) is 0 Å². The fourth-order valence-electron chi connectivity index (χ4n) is 2.01. The van der Waals surface area contributed by atoms with Crippen LogP contribution in [-0.4, -0.2) is 66.8 Å². The van der Waals surface area contributed by atoms with Gasteiger partial charge >= 0.3 is 0 Å². The van der Waals surface area contributed by atoms with Gasteiger partial charge in [0.25, 0.3) is 0 Å². The van der Waals surface area contributed by atoms with Gasteiger partial charge in [0.05, 0.1) is 25.7 Å². The second kappa shape index (κ2) is 9.45. The molecule has 0 atom stereocenters. The van der Waals surface area contributed by atoms with Crippen LogP contribution in [0.3, 0.4) is 0 Å². The third kappa shape index (κ3) is 5.66. The smallest absolute Gasteiger partial charge is 0.240 e. The number of hydrogen-bond acceptors (Lipinski definition) is 6. The minimum absolute atomic E-state index is 0.0615. The highest BCUT2D eigenvalue weighted by Gasteiger charge is 2.17. The molecule has 136 valence electrons. The number of rotatable bonds is 10. The lowest BCUT2D eigenvalue weighted by Crippen LogP contribution is -2.39. The molecule has 1 rings (SSSR count). The minimum Gasteiger partial charge on any atom is -0.493 e. The summed E-state index contributed by atoms with van der Waals surface area (Å²) < 4.78 is 42.2. The first kappa shape index (κ1) is 20.2. The van der Waals surface area contributed by atoms with Crippen molar-refractivity contribution < 1.29 is 27.4 Å². The Morgan fingerprint density at radius 1 is 1.12 bits per heavy atom. The van der Waals surface area contributed by atoms with E-state index in [4.69, 9.17) is 14.2 Å². The van der Waals surface area contributed by atoms with Crippen LogP contribution in [0.25, 0.3) is 0 Å². The Morgan fingerprint density at radius 2 is 1.79 bits per heavy atom. The number of nitrogens with zero attached hydrogens (tertiary/aromatic N) is 1. The van der Waals surface area contributed by atoms with Gasteiger partial charge in [-0.1, -0.05) is 0 Å². The summed E-state index contributed by atoms with van der Waals surface area (Å²) in [6.45, 7) is 2.58. The summed E-state index contributed by atoms with van der Waals surface area (Å²) in [5.74, 6) is 0.627. The zero-order valence-electron chi connectivity index (χ0n) is 14.4. The molecule has 0 spiro atoms. The van der Waals surface area contributed by atoms with Gasteiger partial charge in [0, 0.05) is 39.7 Å². The number of nitrogens with one attached hydrogen (secondary N) is 1. The monoisotopic (exact) mass is 360 g/mol. The summed E-state index contributed by atoms with van der Waals surface area (Å²) in [7, 11) is 0.731. The van der Waals surface area contributed by atoms with Gasteiger partial charge in [-0.25, -0.2) is 13.1 Å². The highest BCUT2D eigenvalue weighted by atomic mass is 32.2. The van der Waals surface area contributed by atoms with Gasteiger partial charge in [-0.2, -0.15) is 0 Å². The van der Waals surface area contributed by atoms with E-state index in [0.717, 1.165) is 0 Å². The molecule has 1 N–H and O–H groups in total. The molecule has 1 aromatic rings. The number of carbonyl (C=O) groups excluding carboxylic acids is 1. The Hall–Kier alpha value is -1.84. The van der Waals surface area contributed by atoms with E-state index in [1.807, 2.05) is 0 Å². The third-order valence-electron chi connectivity index (χ3n) is 3.35. The number of methoxy groups -OCH3 is 3. The Morgan fingerprint density at radius 3 is 2.33 bits per heavy atom. The summed E-state index contributed by atoms with van der Waals surface area (Å²) in [4.78, 5) is 13.1. The predicted octanol–water partition coefficient (Wildman–Crippen LogP) is 0.477. The van der Waals surface area contributed by atoms with Gasteiger partial charge in [0.1, 0.15) is 0 Å². The standard InChI is InChI=1S/C15H24N2O6S/c1-12(18)17(9-10-21-2)8-7-16-24(19,20)13-5-6-14(22-3)15(11-13)23-4/h5-6,11,16H,7-10H2,1-4H3. The van der Waals surface area contributed by atoms with E-state index >= 15 is 0 Å². The number of ether oxygens (including phenoxy) is 3. The first-order valence-electron chi connectivity index (χ1n) is 7.32. The molecule has 0 aliphatic carbocycles. The van der Waals surface area contributed by atoms with E-state index in [9.17, 15) is 13.2 Å². The maximum Gasteiger partial charge on any atom is 0.240 e. The SMILES string of the molecule is COCCN(CCNS(=O)(=O)c1ccc(OC)c(OC)c1)C(C)=O. The fraction of sp³-hybridized carbons (Fsp3) is 0.533. The van der Waals surface area contributed by atoms with Crippen LogP contribution in [0.2, 0.25) is 0 Å². The number of carbonyl (C=O) groups is 1. The van der Waals surface area contributed by atoms with Crippen LogP contribution in [0.4, 0.5) is 0 Å². The quantitative estimate of drug-likeness (QED) is 0.652. The van der Waals surface area contributed by atoms with Crippen molar-refractivity contribution in [3.8, 4) is 11.5 Å². The molecule has 0 saturated heterocycles. The van der Waals surface area contributed by atoms with Crippen molar-refractivity contribution in [1.29, 1.82) is 0 Å². The second-order valence-electron chi connectivity index (χ2n) is 4.91. The summed E-state index contributed by atoms with van der Waals surface area (Å²) >= 11 is 0. The van der Waals surface area contributed by atoms with Crippen LogP contribution < -0.4 is 14.2 Å². The summed E-state index contributed by atoms with van der Waals surface area (Å²) in [6, 6.07) is 4.33. The topological polar surface area (TPSA) is 94.2 Å². The maximum absolute atomic E-state index is 12.3. The molecule has 0 aliphatic rings. The molecule has 9 heteroatoms. The van der Waals surface area contributed by atoms with Gasteiger partial charge in [-0.3, -0.25) is 4.79 Å². The molecular weight excluding hydrogens is 336 g/mol. The highest BCUT2D eigenvalue weighted by Crippen LogP contribution is 2.29. The highest BCUT2D eigenvalue weighted by molar-refractivity contribution is 7.89. The Bertz CT molecular complexity index is 647. The van der Waals surface area contributed by atoms with Crippen LogP contribution in [-0.2, 0) is 19.6 Å². The Balaban J connectivity index is 2.74. The third-order valence-corrected chi connectivity index (χ3v) is 4.81. The molecule has 0 fully saturated rings. The molecule has 0 aromatic heterocycles. The van der Waals surface area contributed by atoms with E-state index in [0.29, 0.717) is 24.7 Å². The van der Waals surface area contributed by atoms with E-state index < -0.39 is 10.0 Å². The predicted molar refractivity (Wildman–Crippen MR) is 88.9 cm³/mol. The van der Waals surface area contributed by atoms with E-state index in [-0.39, 0.29) is 23.9 Å². The van der Waals surface area contributed by atoms with Crippen molar-refractivity contribution in [1.82, 2.24) is 9.62 Å². The van der Waals surface area contributed by atoms with Crippen LogP contribution in [0.1, 0.15) is 6.92 Å². The van der Waals surface area contributed by atoms with Crippen LogP contribution in [0, 0.1) is 0 Å². The number of sulfonamides is 1. The lowest BCUT2D eigenvalue weighted by Gasteiger charge is -2.20. The van der Waals surface area contributed by atoms with Gasteiger partial charge in [-0.15, -0.1) is 0 Å². The molecule has 0 unspecified atom stereocenters. The van der Waals surface area contributed by atoms with Crippen LogP contribution in [0.15, 0.2) is 23.1 Å². The lowest BCUT2D eigenvalue weighted by molar-refractivity contribution is -0.129. The summed E-state index contributed by atoms with van der Waals surface area (Å²) in [6.07, 6.45) is 0. The number of hydrogen-bond donors (Lipinski definition) is 1. The van der Waals surface area contributed by atoms with Crippen LogP contribution >= 0.6 is 0 Å². The van der Waals surface area contributed by atoms with Crippen molar-refractivity contribution in [2.24, 2.45) is 0 Å². The Labute approximate surface area is 142 Å². The normalized spacial score (nSPS) is 11.2. The zero-order chi connectivity index (χ0) is 18.2. The molecule has 24 heavy (non-hydrogen) atoms. The Kier molecular flexibility index (Phi) is 7.96. The molecule has 0 radical (unpaired) electrons. The van der Waals surface area contributed by atoms with Gasteiger partial charge < -0.3 is 19.1 Å². The van der Waals surface area contributed by atoms with Crippen molar-refractivity contribution in [3.63, 3.8) is 0 Å². The summed E-state index contributed by atoms with van der Waals surface area (Å²) in [5.41, 5.74) is 0. The van der Waals surface area contributed by atoms with Gasteiger partial charge in [-0.05, 0) is 12.1 Å². The largest absolute Gasteiger partial charge is 0.493 e. The van der Waals surface area contributed by atoms with Gasteiger partial charge in [0.2, 0.25) is 15.9 Å². The second-order valence-corrected chi connectivity index (χ2v) is 6.68. The molecule has 0 aliphatic heterocycles. The molecule has 8 nitrogen and oxygen atoms in total. The average molecular weight is 360 g/mol. The lowest BCUT2D eigenvalue weighted by atomic mass is 10.3. The van der Waals surface area contributed by atoms with Crippen LogP contribution in [0.5, 0.6) is 11.5 Å². The fourth-order valence-corrected chi connectivity index (χ4v) is 3.05. The van der Waals surface area contributed by atoms with E-state index in [2.05, 4.69) is 4.72 Å². The minimum atomic E-state index is -3.71. The van der Waals surface area contributed by atoms with Crippen molar-refractivity contribution in [3.05, 3.63) is 18.2 Å². The molecule has 0 saturated carbocycles. The first-order chi connectivity index (χ1) is 11.4. The molecule has 1 amide bonds. The first-order valence-corrected chi connectivity index (χ1v) is 8.80. The number of amides is 1. The van der Waals surface area contributed by atoms with Crippen molar-refractivity contribution in [2.75, 3.05) is 47.6 Å². The zero-order valence-corrected chi connectivity index (χ0v) is 15.2. The molecule has 1 aromatic carbocycles. The molecule has 0 heterocycles. The summed E-state index contributed by atoms with van der Waals surface area (Å²) in [5, 5.41) is 0. The van der Waals surface area contributed by atoms with Crippen molar-refractivity contribution in [2.45, 2.75) is 11.8 Å². The molecule has 0 bridgehead atoms. The maximum atomic E-state index is 12.3. The van der Waals surface area contributed by atoms with E-state index in [1.165, 1.54) is 51.4 Å². The van der Waals surface area contributed by atoms with Gasteiger partial charge in [0.15, 0.2) is 11.5 Å². The molecular formula is C15H24N2O6S. The number of benzene rings is 1. The average Bonchev–Trinajstić information content (AvgIpc) is 2.56.